The van der Waals surface area contributed by atoms with Crippen LogP contribution >= 0.6 is 0 Å². The molecule has 110 valence electrons. The Hall–Kier alpha value is -2.15. The topological polar surface area (TPSA) is 78.8 Å². The number of fused-ring (bicyclic) bond motifs is 2. The summed E-state index contributed by atoms with van der Waals surface area (Å²) in [7, 11) is 0. The van der Waals surface area contributed by atoms with E-state index in [0.717, 1.165) is 49.6 Å². The van der Waals surface area contributed by atoms with Gasteiger partial charge in [-0.15, -0.1) is 0 Å². The number of aromatic nitrogens is 4. The highest BCUT2D eigenvalue weighted by Crippen LogP contribution is 2.23. The van der Waals surface area contributed by atoms with Gasteiger partial charge in [-0.2, -0.15) is 0 Å². The number of nitrogens with one attached hydrogen (secondary N) is 2. The van der Waals surface area contributed by atoms with Crippen molar-refractivity contribution in [1.82, 2.24) is 29.7 Å². The van der Waals surface area contributed by atoms with Crippen LogP contribution < -0.4 is 5.32 Å². The van der Waals surface area contributed by atoms with Crippen LogP contribution in [0, 0.1) is 0 Å². The highest BCUT2D eigenvalue weighted by atomic mass is 16.2. The van der Waals surface area contributed by atoms with Gasteiger partial charge in [0.05, 0.1) is 30.6 Å². The van der Waals surface area contributed by atoms with E-state index in [-0.39, 0.29) is 11.9 Å². The summed E-state index contributed by atoms with van der Waals surface area (Å²) in [6, 6.07) is -0.325. The van der Waals surface area contributed by atoms with E-state index in [9.17, 15) is 4.79 Å². The molecule has 0 spiro atoms. The van der Waals surface area contributed by atoms with Gasteiger partial charge < -0.3 is 19.8 Å². The molecular weight excluding hydrogens is 268 g/mol. The van der Waals surface area contributed by atoms with Crippen molar-refractivity contribution in [1.29, 1.82) is 0 Å². The molecule has 0 saturated heterocycles. The number of amides is 1. The molecule has 0 aromatic carbocycles. The van der Waals surface area contributed by atoms with Crippen molar-refractivity contribution in [3.05, 3.63) is 35.9 Å². The maximum atomic E-state index is 12.9. The molecule has 2 aromatic rings. The third-order valence-corrected chi connectivity index (χ3v) is 4.29. The van der Waals surface area contributed by atoms with Crippen LogP contribution in [0.5, 0.6) is 0 Å². The van der Waals surface area contributed by atoms with Crippen molar-refractivity contribution in [2.75, 3.05) is 13.1 Å². The van der Waals surface area contributed by atoms with Gasteiger partial charge in [0.2, 0.25) is 5.91 Å². The van der Waals surface area contributed by atoms with E-state index in [2.05, 4.69) is 24.8 Å². The minimum atomic E-state index is -0.325. The van der Waals surface area contributed by atoms with Crippen LogP contribution in [-0.2, 0) is 24.3 Å². The third-order valence-electron chi connectivity index (χ3n) is 4.29. The molecule has 1 amide bonds. The van der Waals surface area contributed by atoms with E-state index in [1.54, 1.807) is 6.33 Å². The Bertz CT molecular complexity index is 660. The van der Waals surface area contributed by atoms with Crippen molar-refractivity contribution in [2.45, 2.75) is 32.0 Å². The smallest absolute Gasteiger partial charge is 0.246 e. The summed E-state index contributed by atoms with van der Waals surface area (Å²) in [5, 5.41) is 3.30. The molecule has 21 heavy (non-hydrogen) atoms. The van der Waals surface area contributed by atoms with E-state index < -0.39 is 0 Å². The Labute approximate surface area is 122 Å². The van der Waals surface area contributed by atoms with Crippen molar-refractivity contribution < 1.29 is 4.79 Å². The van der Waals surface area contributed by atoms with E-state index in [0.29, 0.717) is 6.54 Å². The molecule has 2 N–H and O–H groups in total. The van der Waals surface area contributed by atoms with Gasteiger partial charge in [0.15, 0.2) is 0 Å². The highest BCUT2D eigenvalue weighted by molar-refractivity contribution is 5.83. The minimum Gasteiger partial charge on any atom is -0.348 e. The van der Waals surface area contributed by atoms with Crippen LogP contribution in [-0.4, -0.2) is 43.4 Å². The number of rotatable bonds is 1. The van der Waals surface area contributed by atoms with Gasteiger partial charge in [0.25, 0.3) is 0 Å². The lowest BCUT2D eigenvalue weighted by atomic mass is 10.0. The summed E-state index contributed by atoms with van der Waals surface area (Å²) in [6.07, 6.45) is 7.21. The molecule has 0 saturated carbocycles. The summed E-state index contributed by atoms with van der Waals surface area (Å²) in [6.45, 7) is 3.12. The van der Waals surface area contributed by atoms with Crippen LogP contribution in [0.3, 0.4) is 0 Å². The van der Waals surface area contributed by atoms with Gasteiger partial charge in [-0.05, 0) is 6.42 Å². The Morgan fingerprint density at radius 2 is 2.33 bits per heavy atom. The number of nitrogens with zero attached hydrogens (tertiary/aromatic N) is 4. The molecule has 2 aromatic heterocycles. The minimum absolute atomic E-state index is 0.109. The number of H-pyrrole nitrogens is 1. The Morgan fingerprint density at radius 1 is 1.38 bits per heavy atom. The number of hydrogen-bond donors (Lipinski definition) is 2. The fraction of sp³-hybridized carbons (Fsp3) is 0.500. The van der Waals surface area contributed by atoms with E-state index >= 15 is 0 Å². The summed E-state index contributed by atoms with van der Waals surface area (Å²) < 4.78 is 2.13. The lowest BCUT2D eigenvalue weighted by molar-refractivity contribution is -0.134. The average Bonchev–Trinajstić information content (AvgIpc) is 3.11. The second-order valence-corrected chi connectivity index (χ2v) is 5.60. The molecule has 2 aliphatic rings. The fourth-order valence-corrected chi connectivity index (χ4v) is 3.18. The summed E-state index contributed by atoms with van der Waals surface area (Å²) in [4.78, 5) is 26.4. The third kappa shape index (κ3) is 2.13. The summed E-state index contributed by atoms with van der Waals surface area (Å²) in [5.41, 5.74) is 3.02. The summed E-state index contributed by atoms with van der Waals surface area (Å²) in [5.74, 6) is 0.109. The quantitative estimate of drug-likeness (QED) is 0.786. The van der Waals surface area contributed by atoms with Crippen molar-refractivity contribution in [3.63, 3.8) is 0 Å². The van der Waals surface area contributed by atoms with Crippen LogP contribution in [0.4, 0.5) is 0 Å². The standard InChI is InChI=1S/C14H18N6O/c21-14(13-12-11(2-3-16-13)17-8-18-12)19-4-1-5-20-9-15-6-10(20)7-19/h6,8-9,13,16H,1-5,7H2,(H,17,18). The molecule has 0 fully saturated rings. The van der Waals surface area contributed by atoms with Gasteiger partial charge in [0, 0.05) is 37.9 Å². The number of hydrogen-bond acceptors (Lipinski definition) is 4. The number of aryl methyl sites for hydroxylation is 1. The maximum Gasteiger partial charge on any atom is 0.246 e. The average molecular weight is 286 g/mol. The molecule has 1 unspecified atom stereocenters. The van der Waals surface area contributed by atoms with E-state index in [1.165, 1.54) is 0 Å². The van der Waals surface area contributed by atoms with Crippen LogP contribution in [0.1, 0.15) is 29.5 Å². The molecule has 0 radical (unpaired) electrons. The summed E-state index contributed by atoms with van der Waals surface area (Å²) >= 11 is 0. The molecule has 1 atom stereocenters. The number of aromatic amines is 1. The zero-order valence-electron chi connectivity index (χ0n) is 11.7. The van der Waals surface area contributed by atoms with Crippen LogP contribution in [0.15, 0.2) is 18.9 Å². The first-order valence-corrected chi connectivity index (χ1v) is 7.36. The Morgan fingerprint density at radius 3 is 3.29 bits per heavy atom. The predicted molar refractivity (Wildman–Crippen MR) is 75.3 cm³/mol. The van der Waals surface area contributed by atoms with E-state index in [4.69, 9.17) is 0 Å². The predicted octanol–water partition coefficient (Wildman–Crippen LogP) is 0.225. The zero-order valence-corrected chi connectivity index (χ0v) is 11.7. The normalized spacial score (nSPS) is 21.5. The van der Waals surface area contributed by atoms with Gasteiger partial charge in [0.1, 0.15) is 6.04 Å². The Kier molecular flexibility index (Phi) is 2.99. The highest BCUT2D eigenvalue weighted by Gasteiger charge is 2.32. The largest absolute Gasteiger partial charge is 0.348 e. The second kappa shape index (κ2) is 5.00. The molecule has 7 nitrogen and oxygen atoms in total. The monoisotopic (exact) mass is 286 g/mol. The molecule has 0 aliphatic carbocycles. The Balaban J connectivity index is 1.59. The molecule has 2 aliphatic heterocycles. The molecule has 4 rings (SSSR count). The van der Waals surface area contributed by atoms with Gasteiger partial charge >= 0.3 is 0 Å². The first kappa shape index (κ1) is 12.6. The first-order chi connectivity index (χ1) is 10.3. The van der Waals surface area contributed by atoms with Crippen molar-refractivity contribution >= 4 is 5.91 Å². The van der Waals surface area contributed by atoms with Crippen molar-refractivity contribution in [3.8, 4) is 0 Å². The molecule has 7 heteroatoms. The van der Waals surface area contributed by atoms with Crippen molar-refractivity contribution in [2.24, 2.45) is 0 Å². The van der Waals surface area contributed by atoms with Gasteiger partial charge in [-0.1, -0.05) is 0 Å². The SMILES string of the molecule is O=C(C1NCCc2[nH]cnc21)N1CCCn2cncc2C1. The number of imidazole rings is 2. The second-order valence-electron chi connectivity index (χ2n) is 5.60. The number of carbonyl (C=O) groups is 1. The lowest BCUT2D eigenvalue weighted by Gasteiger charge is -2.28. The first-order valence-electron chi connectivity index (χ1n) is 7.36. The molecular formula is C14H18N6O. The van der Waals surface area contributed by atoms with Gasteiger partial charge in [-0.3, -0.25) is 4.79 Å². The molecule has 0 bridgehead atoms. The molecule has 4 heterocycles. The zero-order chi connectivity index (χ0) is 14.2. The van der Waals surface area contributed by atoms with E-state index in [1.807, 2.05) is 17.4 Å². The number of carbonyl (C=O) groups excluding carboxylic acids is 1. The maximum absolute atomic E-state index is 12.9. The fourth-order valence-electron chi connectivity index (χ4n) is 3.18. The van der Waals surface area contributed by atoms with Crippen LogP contribution in [0.2, 0.25) is 0 Å². The lowest BCUT2D eigenvalue weighted by Crippen LogP contribution is -2.43. The van der Waals surface area contributed by atoms with Crippen LogP contribution in [0.25, 0.3) is 0 Å². The van der Waals surface area contributed by atoms with Gasteiger partial charge in [-0.25, -0.2) is 9.97 Å².